The van der Waals surface area contributed by atoms with Gasteiger partial charge in [-0.15, -0.1) is 0 Å². The molecule has 0 saturated heterocycles. The summed E-state index contributed by atoms with van der Waals surface area (Å²) in [4.78, 5) is 0. The van der Waals surface area contributed by atoms with Gasteiger partial charge in [0.2, 0.25) is 0 Å². The highest BCUT2D eigenvalue weighted by molar-refractivity contribution is 4.95. The Balaban J connectivity index is 3.80. The lowest BCUT2D eigenvalue weighted by Crippen LogP contribution is -2.01. The van der Waals surface area contributed by atoms with Crippen LogP contribution < -0.4 is 0 Å². The second-order valence-electron chi connectivity index (χ2n) is 2.98. The lowest BCUT2D eigenvalue weighted by Gasteiger charge is -2.11. The molecule has 0 aliphatic rings. The van der Waals surface area contributed by atoms with Crippen molar-refractivity contribution in [1.82, 2.24) is 0 Å². The summed E-state index contributed by atoms with van der Waals surface area (Å²) in [7, 11) is 0. The van der Waals surface area contributed by atoms with E-state index in [0.717, 1.165) is 31.6 Å². The fraction of sp³-hybridized carbons (Fsp3) is 0.800. The molecule has 0 radical (unpaired) electrons. The first-order valence-corrected chi connectivity index (χ1v) is 4.65. The zero-order chi connectivity index (χ0) is 9.40. The van der Waals surface area contributed by atoms with Crippen LogP contribution in [0.4, 0.5) is 0 Å². The monoisotopic (exact) mass is 172 g/mol. The Morgan fingerprint density at radius 3 is 1.58 bits per heavy atom. The van der Waals surface area contributed by atoms with Crippen molar-refractivity contribution in [2.75, 3.05) is 13.2 Å². The SMILES string of the molecule is CCCOC(OCCC)=C(C)C. The number of ether oxygens (including phenoxy) is 2. The molecule has 0 amide bonds. The quantitative estimate of drug-likeness (QED) is 0.573. The number of hydrogen-bond acceptors (Lipinski definition) is 2. The van der Waals surface area contributed by atoms with Crippen molar-refractivity contribution in [2.45, 2.75) is 40.5 Å². The Morgan fingerprint density at radius 2 is 1.33 bits per heavy atom. The van der Waals surface area contributed by atoms with E-state index in [-0.39, 0.29) is 0 Å². The molecule has 0 fully saturated rings. The largest absolute Gasteiger partial charge is 0.465 e. The topological polar surface area (TPSA) is 18.5 Å². The molecule has 2 heteroatoms. The molecular weight excluding hydrogens is 152 g/mol. The minimum absolute atomic E-state index is 0.707. The van der Waals surface area contributed by atoms with E-state index < -0.39 is 0 Å². The third-order valence-corrected chi connectivity index (χ3v) is 1.28. The Kier molecular flexibility index (Phi) is 6.63. The van der Waals surface area contributed by atoms with Crippen molar-refractivity contribution < 1.29 is 9.47 Å². The first kappa shape index (κ1) is 11.3. The molecule has 0 aromatic heterocycles. The molecular formula is C10H20O2. The molecule has 0 heterocycles. The van der Waals surface area contributed by atoms with E-state index in [0.29, 0.717) is 5.95 Å². The van der Waals surface area contributed by atoms with Gasteiger partial charge < -0.3 is 9.47 Å². The van der Waals surface area contributed by atoms with Gasteiger partial charge in [0, 0.05) is 5.57 Å². The van der Waals surface area contributed by atoms with Gasteiger partial charge in [-0.2, -0.15) is 0 Å². The summed E-state index contributed by atoms with van der Waals surface area (Å²) >= 11 is 0. The minimum atomic E-state index is 0.707. The Hall–Kier alpha value is -0.660. The number of allylic oxidation sites excluding steroid dienone is 1. The normalized spacial score (nSPS) is 9.33. The van der Waals surface area contributed by atoms with Crippen LogP contribution in [-0.2, 0) is 9.47 Å². The predicted octanol–water partition coefficient (Wildman–Crippen LogP) is 3.09. The molecule has 0 unspecified atom stereocenters. The summed E-state index contributed by atoms with van der Waals surface area (Å²) in [6.45, 7) is 9.65. The summed E-state index contributed by atoms with van der Waals surface area (Å²) in [6, 6.07) is 0. The van der Waals surface area contributed by atoms with Gasteiger partial charge in [0.25, 0.3) is 5.95 Å². The highest BCUT2D eigenvalue weighted by atomic mass is 16.7. The maximum atomic E-state index is 5.41. The zero-order valence-corrected chi connectivity index (χ0v) is 8.64. The highest BCUT2D eigenvalue weighted by Crippen LogP contribution is 2.07. The number of hydrogen-bond donors (Lipinski definition) is 0. The Morgan fingerprint density at radius 1 is 0.917 bits per heavy atom. The van der Waals surface area contributed by atoms with Crippen LogP contribution in [0.2, 0.25) is 0 Å². The van der Waals surface area contributed by atoms with Crippen LogP contribution in [0.1, 0.15) is 40.5 Å². The molecule has 2 nitrogen and oxygen atoms in total. The predicted molar refractivity (Wildman–Crippen MR) is 50.9 cm³/mol. The molecule has 0 aliphatic carbocycles. The maximum Gasteiger partial charge on any atom is 0.277 e. The first-order valence-electron chi connectivity index (χ1n) is 4.65. The molecule has 0 aliphatic heterocycles. The van der Waals surface area contributed by atoms with Crippen LogP contribution in [0.3, 0.4) is 0 Å². The van der Waals surface area contributed by atoms with E-state index in [1.54, 1.807) is 0 Å². The van der Waals surface area contributed by atoms with E-state index in [9.17, 15) is 0 Å². The van der Waals surface area contributed by atoms with Crippen molar-refractivity contribution in [3.8, 4) is 0 Å². The van der Waals surface area contributed by atoms with Gasteiger partial charge in [0.15, 0.2) is 0 Å². The lowest BCUT2D eigenvalue weighted by molar-refractivity contribution is 0.0321. The lowest BCUT2D eigenvalue weighted by atomic mass is 10.4. The van der Waals surface area contributed by atoms with Crippen molar-refractivity contribution in [1.29, 1.82) is 0 Å². The molecule has 0 saturated carbocycles. The molecule has 0 aromatic rings. The summed E-state index contributed by atoms with van der Waals surface area (Å²) in [5.74, 6) is 0.707. The van der Waals surface area contributed by atoms with E-state index in [4.69, 9.17) is 9.47 Å². The van der Waals surface area contributed by atoms with Crippen molar-refractivity contribution >= 4 is 0 Å². The summed E-state index contributed by atoms with van der Waals surface area (Å²) in [6.07, 6.45) is 2.04. The Labute approximate surface area is 75.6 Å². The van der Waals surface area contributed by atoms with Crippen LogP contribution in [0.15, 0.2) is 11.5 Å². The molecule has 0 bridgehead atoms. The zero-order valence-electron chi connectivity index (χ0n) is 8.64. The van der Waals surface area contributed by atoms with E-state index >= 15 is 0 Å². The smallest absolute Gasteiger partial charge is 0.277 e. The molecule has 72 valence electrons. The summed E-state index contributed by atoms with van der Waals surface area (Å²) in [5, 5.41) is 0. The fourth-order valence-electron chi connectivity index (χ4n) is 0.720. The van der Waals surface area contributed by atoms with Crippen molar-refractivity contribution in [3.05, 3.63) is 11.5 Å². The van der Waals surface area contributed by atoms with Gasteiger partial charge in [0.1, 0.15) is 0 Å². The summed E-state index contributed by atoms with van der Waals surface area (Å²) in [5.41, 5.74) is 1.11. The number of rotatable bonds is 6. The minimum Gasteiger partial charge on any atom is -0.465 e. The van der Waals surface area contributed by atoms with Crippen LogP contribution in [0.25, 0.3) is 0 Å². The molecule has 0 rings (SSSR count). The van der Waals surface area contributed by atoms with Crippen LogP contribution in [0.5, 0.6) is 0 Å². The van der Waals surface area contributed by atoms with Crippen LogP contribution >= 0.6 is 0 Å². The average molecular weight is 172 g/mol. The molecule has 0 aromatic carbocycles. The van der Waals surface area contributed by atoms with Crippen LogP contribution in [-0.4, -0.2) is 13.2 Å². The second-order valence-corrected chi connectivity index (χ2v) is 2.98. The van der Waals surface area contributed by atoms with Gasteiger partial charge >= 0.3 is 0 Å². The second kappa shape index (κ2) is 7.01. The molecule has 0 spiro atoms. The van der Waals surface area contributed by atoms with Gasteiger partial charge in [0.05, 0.1) is 13.2 Å². The molecule has 12 heavy (non-hydrogen) atoms. The van der Waals surface area contributed by atoms with Gasteiger partial charge in [-0.05, 0) is 26.7 Å². The van der Waals surface area contributed by atoms with Crippen molar-refractivity contribution in [3.63, 3.8) is 0 Å². The molecule has 0 atom stereocenters. The van der Waals surface area contributed by atoms with Crippen LogP contribution in [0, 0.1) is 0 Å². The maximum absolute atomic E-state index is 5.41. The summed E-state index contributed by atoms with van der Waals surface area (Å²) < 4.78 is 10.8. The fourth-order valence-corrected chi connectivity index (χ4v) is 0.720. The van der Waals surface area contributed by atoms with E-state index in [1.165, 1.54) is 0 Å². The molecule has 0 N–H and O–H groups in total. The van der Waals surface area contributed by atoms with E-state index in [1.807, 2.05) is 13.8 Å². The van der Waals surface area contributed by atoms with Gasteiger partial charge in [-0.3, -0.25) is 0 Å². The first-order chi connectivity index (χ1) is 5.72. The van der Waals surface area contributed by atoms with E-state index in [2.05, 4.69) is 13.8 Å². The standard InChI is InChI=1S/C10H20O2/c1-5-7-11-10(9(3)4)12-8-6-2/h5-8H2,1-4H3. The van der Waals surface area contributed by atoms with Gasteiger partial charge in [-0.25, -0.2) is 0 Å². The van der Waals surface area contributed by atoms with Gasteiger partial charge in [-0.1, -0.05) is 13.8 Å². The highest BCUT2D eigenvalue weighted by Gasteiger charge is 2.00. The third-order valence-electron chi connectivity index (χ3n) is 1.28. The van der Waals surface area contributed by atoms with Crippen molar-refractivity contribution in [2.24, 2.45) is 0 Å². The Bertz CT molecular complexity index is 125. The third kappa shape index (κ3) is 5.05. The average Bonchev–Trinajstić information content (AvgIpc) is 2.04.